The maximum Gasteiger partial charge on any atom is 0.247 e. The van der Waals surface area contributed by atoms with Gasteiger partial charge < -0.3 is 15.0 Å². The summed E-state index contributed by atoms with van der Waals surface area (Å²) in [6, 6.07) is 30.9. The quantitative estimate of drug-likeness (QED) is 0.224. The first-order chi connectivity index (χ1) is 19.9. The summed E-state index contributed by atoms with van der Waals surface area (Å²) >= 11 is 0. The third-order valence-electron chi connectivity index (χ3n) is 7.21. The minimum Gasteiger partial charge on any atom is -0.457 e. The fourth-order valence-corrected chi connectivity index (χ4v) is 5.15. The van der Waals surface area contributed by atoms with E-state index in [9.17, 15) is 18.8 Å². The van der Waals surface area contributed by atoms with E-state index in [1.165, 1.54) is 24.3 Å². The highest BCUT2D eigenvalue weighted by Crippen LogP contribution is 2.29. The van der Waals surface area contributed by atoms with Crippen molar-refractivity contribution < 1.29 is 23.5 Å². The number of rotatable bonds is 10. The molecule has 1 heterocycles. The number of Topliss-reactive ketones (excluding diaryl/α,β-unsaturated/α-hetero) is 1. The molecule has 0 saturated carbocycles. The van der Waals surface area contributed by atoms with Crippen molar-refractivity contribution in [1.29, 1.82) is 0 Å². The summed E-state index contributed by atoms with van der Waals surface area (Å²) in [4.78, 5) is 41.0. The molecule has 0 bridgehead atoms. The van der Waals surface area contributed by atoms with E-state index in [-0.39, 0.29) is 42.2 Å². The lowest BCUT2D eigenvalue weighted by atomic mass is 9.96. The van der Waals surface area contributed by atoms with Gasteiger partial charge in [0.2, 0.25) is 11.8 Å². The third kappa shape index (κ3) is 7.45. The molecule has 2 atom stereocenters. The van der Waals surface area contributed by atoms with Gasteiger partial charge >= 0.3 is 0 Å². The molecule has 1 aliphatic rings. The minimum atomic E-state index is -0.641. The highest BCUT2D eigenvalue weighted by molar-refractivity contribution is 6.00. The highest BCUT2D eigenvalue weighted by Gasteiger charge is 2.39. The first kappa shape index (κ1) is 27.8. The molecule has 4 aromatic carbocycles. The number of carbonyl (C=O) groups is 3. The number of ether oxygens (including phenoxy) is 1. The highest BCUT2D eigenvalue weighted by atomic mass is 19.1. The molecule has 1 unspecified atom stereocenters. The molecule has 0 spiro atoms. The zero-order valence-electron chi connectivity index (χ0n) is 22.5. The summed E-state index contributed by atoms with van der Waals surface area (Å²) in [6.45, 7) is 0.454. The van der Waals surface area contributed by atoms with Crippen LogP contribution in [0.1, 0.15) is 35.2 Å². The van der Waals surface area contributed by atoms with Crippen LogP contribution in [0.2, 0.25) is 0 Å². The SMILES string of the molecule is O=C(CCC(=O)N1CC(Cc2ccccc2)C[C@H]1C(=O)Nc1ccc(Oc2ccc(F)cc2)cc1)c1ccccc1. The Morgan fingerprint density at radius 3 is 2.05 bits per heavy atom. The molecule has 1 saturated heterocycles. The zero-order valence-corrected chi connectivity index (χ0v) is 22.5. The molecule has 0 aromatic heterocycles. The van der Waals surface area contributed by atoms with Crippen LogP contribution in [0, 0.1) is 11.7 Å². The Morgan fingerprint density at radius 1 is 0.780 bits per heavy atom. The monoisotopic (exact) mass is 550 g/mol. The Hall–Kier alpha value is -4.78. The van der Waals surface area contributed by atoms with Gasteiger partial charge in [0.15, 0.2) is 5.78 Å². The van der Waals surface area contributed by atoms with E-state index in [1.54, 1.807) is 53.4 Å². The van der Waals surface area contributed by atoms with Gasteiger partial charge in [0.1, 0.15) is 23.4 Å². The van der Waals surface area contributed by atoms with Crippen molar-refractivity contribution in [2.45, 2.75) is 31.7 Å². The van der Waals surface area contributed by atoms with Gasteiger partial charge in [-0.05, 0) is 72.9 Å². The molecule has 1 fully saturated rings. The van der Waals surface area contributed by atoms with Crippen molar-refractivity contribution in [2.24, 2.45) is 5.92 Å². The molecular formula is C34H31FN2O4. The van der Waals surface area contributed by atoms with Crippen molar-refractivity contribution in [1.82, 2.24) is 4.90 Å². The summed E-state index contributed by atoms with van der Waals surface area (Å²) in [5, 5.41) is 2.94. The number of hydrogen-bond donors (Lipinski definition) is 1. The standard InChI is InChI=1S/C34H31FN2O4/c35-27-11-15-29(16-12-27)41-30-17-13-28(14-18-30)36-34(40)31-22-25(21-24-7-3-1-4-8-24)23-37(31)33(39)20-19-32(38)26-9-5-2-6-10-26/h1-18,25,31H,19-23H2,(H,36,40)/t25?,31-/m0/s1. The Kier molecular flexibility index (Phi) is 8.84. The second-order valence-corrected chi connectivity index (χ2v) is 10.2. The van der Waals surface area contributed by atoms with Crippen LogP contribution < -0.4 is 10.1 Å². The van der Waals surface area contributed by atoms with Crippen molar-refractivity contribution in [3.63, 3.8) is 0 Å². The number of ketones is 1. The molecular weight excluding hydrogens is 519 g/mol. The van der Waals surface area contributed by atoms with Crippen LogP contribution >= 0.6 is 0 Å². The summed E-state index contributed by atoms with van der Waals surface area (Å²) in [6.07, 6.45) is 1.43. The van der Waals surface area contributed by atoms with Gasteiger partial charge in [-0.2, -0.15) is 0 Å². The van der Waals surface area contributed by atoms with E-state index in [4.69, 9.17) is 4.74 Å². The molecule has 1 N–H and O–H groups in total. The molecule has 0 aliphatic carbocycles. The van der Waals surface area contributed by atoms with E-state index in [2.05, 4.69) is 5.32 Å². The first-order valence-corrected chi connectivity index (χ1v) is 13.7. The van der Waals surface area contributed by atoms with E-state index in [0.29, 0.717) is 35.7 Å². The number of benzene rings is 4. The topological polar surface area (TPSA) is 75.7 Å². The van der Waals surface area contributed by atoms with Gasteiger partial charge in [0.25, 0.3) is 0 Å². The van der Waals surface area contributed by atoms with Gasteiger partial charge in [-0.15, -0.1) is 0 Å². The average Bonchev–Trinajstić information content (AvgIpc) is 3.43. The maximum atomic E-state index is 13.5. The van der Waals surface area contributed by atoms with Crippen LogP contribution in [-0.2, 0) is 16.0 Å². The van der Waals surface area contributed by atoms with E-state index in [0.717, 1.165) is 12.0 Å². The number of carbonyl (C=O) groups excluding carboxylic acids is 3. The number of amides is 2. The lowest BCUT2D eigenvalue weighted by Crippen LogP contribution is -2.43. The smallest absolute Gasteiger partial charge is 0.247 e. The Balaban J connectivity index is 1.24. The van der Waals surface area contributed by atoms with Crippen LogP contribution in [0.15, 0.2) is 109 Å². The number of halogens is 1. The van der Waals surface area contributed by atoms with Crippen molar-refractivity contribution in [2.75, 3.05) is 11.9 Å². The van der Waals surface area contributed by atoms with E-state index >= 15 is 0 Å². The zero-order chi connectivity index (χ0) is 28.6. The van der Waals surface area contributed by atoms with Gasteiger partial charge in [-0.3, -0.25) is 14.4 Å². The number of hydrogen-bond acceptors (Lipinski definition) is 4. The molecule has 208 valence electrons. The fourth-order valence-electron chi connectivity index (χ4n) is 5.15. The molecule has 41 heavy (non-hydrogen) atoms. The maximum absolute atomic E-state index is 13.5. The summed E-state index contributed by atoms with van der Waals surface area (Å²) < 4.78 is 18.9. The van der Waals surface area contributed by atoms with E-state index < -0.39 is 6.04 Å². The lowest BCUT2D eigenvalue weighted by Gasteiger charge is -2.24. The van der Waals surface area contributed by atoms with Gasteiger partial charge in [-0.1, -0.05) is 60.7 Å². The summed E-state index contributed by atoms with van der Waals surface area (Å²) in [7, 11) is 0. The predicted octanol–water partition coefficient (Wildman–Crippen LogP) is 6.68. The number of likely N-dealkylation sites (tertiary alicyclic amines) is 1. The molecule has 6 nitrogen and oxygen atoms in total. The number of nitrogens with zero attached hydrogens (tertiary/aromatic N) is 1. The molecule has 1 aliphatic heterocycles. The molecule has 4 aromatic rings. The summed E-state index contributed by atoms with van der Waals surface area (Å²) in [5.41, 5.74) is 2.30. The largest absolute Gasteiger partial charge is 0.457 e. The summed E-state index contributed by atoms with van der Waals surface area (Å²) in [5.74, 6) is 0.250. The first-order valence-electron chi connectivity index (χ1n) is 13.7. The fraction of sp³-hybridized carbons (Fsp3) is 0.206. The average molecular weight is 551 g/mol. The van der Waals surface area contributed by atoms with Crippen LogP contribution in [0.25, 0.3) is 0 Å². The van der Waals surface area contributed by atoms with Crippen LogP contribution in [-0.4, -0.2) is 35.1 Å². The van der Waals surface area contributed by atoms with Crippen molar-refractivity contribution >= 4 is 23.3 Å². The van der Waals surface area contributed by atoms with E-state index in [1.807, 2.05) is 36.4 Å². The Morgan fingerprint density at radius 2 is 1.39 bits per heavy atom. The van der Waals surface area contributed by atoms with Crippen LogP contribution in [0.5, 0.6) is 11.5 Å². The molecule has 5 rings (SSSR count). The molecule has 2 amide bonds. The predicted molar refractivity (Wildman–Crippen MR) is 155 cm³/mol. The second-order valence-electron chi connectivity index (χ2n) is 10.2. The van der Waals surface area contributed by atoms with Crippen LogP contribution in [0.4, 0.5) is 10.1 Å². The molecule has 7 heteroatoms. The molecule has 0 radical (unpaired) electrons. The second kappa shape index (κ2) is 13.0. The minimum absolute atomic E-state index is 0.0466. The van der Waals surface area contributed by atoms with Crippen LogP contribution in [0.3, 0.4) is 0 Å². The lowest BCUT2D eigenvalue weighted by molar-refractivity contribution is -0.136. The normalized spacial score (nSPS) is 16.3. The Labute approximate surface area is 238 Å². The van der Waals surface area contributed by atoms with Crippen molar-refractivity contribution in [3.05, 3.63) is 126 Å². The number of anilines is 1. The van der Waals surface area contributed by atoms with Crippen molar-refractivity contribution in [3.8, 4) is 11.5 Å². The van der Waals surface area contributed by atoms with Gasteiger partial charge in [0, 0.05) is 30.6 Å². The van der Waals surface area contributed by atoms with Gasteiger partial charge in [0.05, 0.1) is 0 Å². The van der Waals surface area contributed by atoms with Gasteiger partial charge in [-0.25, -0.2) is 4.39 Å². The Bertz CT molecular complexity index is 1480. The number of nitrogens with one attached hydrogen (secondary N) is 1. The third-order valence-corrected chi connectivity index (χ3v) is 7.21.